The molecule has 4 nitrogen and oxygen atoms in total. The number of hydrogen-bond acceptors (Lipinski definition) is 4. The van der Waals surface area contributed by atoms with Crippen molar-refractivity contribution in [2.75, 3.05) is 0 Å². The molecule has 0 bridgehead atoms. The van der Waals surface area contributed by atoms with Crippen LogP contribution in [0.3, 0.4) is 0 Å². The summed E-state index contributed by atoms with van der Waals surface area (Å²) < 4.78 is 0. The Kier molecular flexibility index (Phi) is 8.18. The van der Waals surface area contributed by atoms with Crippen molar-refractivity contribution >= 4 is 56.5 Å². The third-order valence-electron chi connectivity index (χ3n) is 4.43. The summed E-state index contributed by atoms with van der Waals surface area (Å²) >= 11 is 0. The van der Waals surface area contributed by atoms with Crippen LogP contribution in [0.1, 0.15) is 11.1 Å². The Bertz CT molecular complexity index is 1040. The topological polar surface area (TPSA) is 80.3 Å². The number of aliphatic carboxylic acids is 2. The van der Waals surface area contributed by atoms with Crippen LogP contribution >= 0.6 is 0 Å². The number of carbonyl (C=O) groups is 2. The zero-order valence-electron chi connectivity index (χ0n) is 15.8. The van der Waals surface area contributed by atoms with Crippen LogP contribution in [-0.2, 0) is 22.4 Å². The SMILES string of the molecule is O=C([O-])Cc1cccc2ccccc12.O=C([O-])Cc1cccc2ccccc12.[Mg+2]. The maximum Gasteiger partial charge on any atom is 2.00 e. The van der Waals surface area contributed by atoms with Gasteiger partial charge in [-0.15, -0.1) is 0 Å². The standard InChI is InChI=1S/2C12H10O2.Mg/c2*13-12(14)8-10-6-3-5-9-4-1-2-7-11(9)10;/h2*1-7H,8H2,(H,13,14);/q;;+2/p-2. The van der Waals surface area contributed by atoms with Gasteiger partial charge in [0.15, 0.2) is 0 Å². The average molecular weight is 395 g/mol. The van der Waals surface area contributed by atoms with E-state index in [0.717, 1.165) is 32.7 Å². The Hall–Kier alpha value is -2.89. The maximum atomic E-state index is 10.5. The molecule has 140 valence electrons. The van der Waals surface area contributed by atoms with E-state index >= 15 is 0 Å². The smallest absolute Gasteiger partial charge is 0.550 e. The molecule has 0 aliphatic heterocycles. The fraction of sp³-hybridized carbons (Fsp3) is 0.0833. The molecule has 0 spiro atoms. The Morgan fingerprint density at radius 2 is 0.897 bits per heavy atom. The van der Waals surface area contributed by atoms with Gasteiger partial charge < -0.3 is 19.8 Å². The molecule has 4 aromatic rings. The van der Waals surface area contributed by atoms with Crippen molar-refractivity contribution in [3.8, 4) is 0 Å². The summed E-state index contributed by atoms with van der Waals surface area (Å²) in [5, 5.41) is 25.1. The van der Waals surface area contributed by atoms with Gasteiger partial charge in [-0.25, -0.2) is 0 Å². The Labute approximate surface area is 184 Å². The first-order valence-corrected chi connectivity index (χ1v) is 8.87. The number of hydrogen-bond donors (Lipinski definition) is 0. The summed E-state index contributed by atoms with van der Waals surface area (Å²) in [5.74, 6) is -2.08. The molecule has 4 aromatic carbocycles. The monoisotopic (exact) mass is 394 g/mol. The van der Waals surface area contributed by atoms with E-state index in [-0.39, 0.29) is 35.9 Å². The number of fused-ring (bicyclic) bond motifs is 2. The van der Waals surface area contributed by atoms with Crippen molar-refractivity contribution in [3.63, 3.8) is 0 Å². The molecule has 0 heterocycles. The number of carboxylic acid groups (broad SMARTS) is 2. The molecule has 4 rings (SSSR count). The largest absolute Gasteiger partial charge is 2.00 e. The van der Waals surface area contributed by atoms with E-state index in [0.29, 0.717) is 0 Å². The van der Waals surface area contributed by atoms with Crippen LogP contribution in [0.5, 0.6) is 0 Å². The van der Waals surface area contributed by atoms with E-state index in [1.165, 1.54) is 0 Å². The molecule has 0 N–H and O–H groups in total. The molecule has 0 saturated carbocycles. The van der Waals surface area contributed by atoms with Gasteiger partial charge in [0.05, 0.1) is 0 Å². The molecule has 0 aliphatic carbocycles. The Morgan fingerprint density at radius 1 is 0.552 bits per heavy atom. The van der Waals surface area contributed by atoms with Gasteiger partial charge in [-0.1, -0.05) is 84.9 Å². The van der Waals surface area contributed by atoms with Crippen LogP contribution in [0, 0.1) is 0 Å². The molecule has 0 saturated heterocycles. The molecular weight excluding hydrogens is 377 g/mol. The van der Waals surface area contributed by atoms with Gasteiger partial charge in [0, 0.05) is 24.8 Å². The zero-order chi connectivity index (χ0) is 19.9. The molecule has 0 unspecified atom stereocenters. The first kappa shape index (κ1) is 22.4. The zero-order valence-corrected chi connectivity index (χ0v) is 17.3. The molecule has 5 heteroatoms. The van der Waals surface area contributed by atoms with Crippen LogP contribution in [0.15, 0.2) is 84.9 Å². The predicted octanol–water partition coefficient (Wildman–Crippen LogP) is 1.88. The van der Waals surface area contributed by atoms with E-state index in [2.05, 4.69) is 0 Å². The fourth-order valence-corrected chi connectivity index (χ4v) is 3.20. The van der Waals surface area contributed by atoms with Gasteiger partial charge in [-0.3, -0.25) is 0 Å². The minimum atomic E-state index is -1.04. The van der Waals surface area contributed by atoms with Gasteiger partial charge in [-0.2, -0.15) is 0 Å². The summed E-state index contributed by atoms with van der Waals surface area (Å²) in [7, 11) is 0. The minimum absolute atomic E-state index is 0. The van der Waals surface area contributed by atoms with Crippen LogP contribution in [0.2, 0.25) is 0 Å². The number of carbonyl (C=O) groups excluding carboxylic acids is 2. The first-order chi connectivity index (χ1) is 13.5. The third-order valence-corrected chi connectivity index (χ3v) is 4.43. The van der Waals surface area contributed by atoms with Gasteiger partial charge in [0.25, 0.3) is 0 Å². The van der Waals surface area contributed by atoms with Crippen molar-refractivity contribution in [2.24, 2.45) is 0 Å². The second kappa shape index (κ2) is 10.6. The Balaban J connectivity index is 0.000000200. The summed E-state index contributed by atoms with van der Waals surface area (Å²) in [4.78, 5) is 21.0. The summed E-state index contributed by atoms with van der Waals surface area (Å²) in [6, 6.07) is 26.8. The number of rotatable bonds is 4. The number of carboxylic acids is 2. The molecule has 0 aliphatic rings. The van der Waals surface area contributed by atoms with Crippen LogP contribution < -0.4 is 10.2 Å². The molecule has 0 fully saturated rings. The average Bonchev–Trinajstić information content (AvgIpc) is 2.68. The van der Waals surface area contributed by atoms with E-state index in [1.807, 2.05) is 84.9 Å². The third kappa shape index (κ3) is 6.04. The second-order valence-corrected chi connectivity index (χ2v) is 6.37. The van der Waals surface area contributed by atoms with Crippen molar-refractivity contribution in [1.82, 2.24) is 0 Å². The molecule has 0 amide bonds. The van der Waals surface area contributed by atoms with Gasteiger partial charge in [0.1, 0.15) is 0 Å². The molecule has 0 atom stereocenters. The van der Waals surface area contributed by atoms with Gasteiger partial charge in [0.2, 0.25) is 0 Å². The fourth-order valence-electron chi connectivity index (χ4n) is 3.20. The maximum absolute atomic E-state index is 10.5. The van der Waals surface area contributed by atoms with Gasteiger partial charge >= 0.3 is 23.1 Å². The Morgan fingerprint density at radius 3 is 1.28 bits per heavy atom. The van der Waals surface area contributed by atoms with E-state index < -0.39 is 11.9 Å². The van der Waals surface area contributed by atoms with Crippen molar-refractivity contribution in [1.29, 1.82) is 0 Å². The van der Waals surface area contributed by atoms with E-state index in [9.17, 15) is 19.8 Å². The van der Waals surface area contributed by atoms with Crippen molar-refractivity contribution < 1.29 is 19.8 Å². The predicted molar refractivity (Wildman–Crippen MR) is 111 cm³/mol. The van der Waals surface area contributed by atoms with Crippen molar-refractivity contribution in [2.45, 2.75) is 12.8 Å². The summed E-state index contributed by atoms with van der Waals surface area (Å²) in [6.07, 6.45) is -0.0529. The van der Waals surface area contributed by atoms with Crippen LogP contribution in [0.25, 0.3) is 21.5 Å². The normalized spacial score (nSPS) is 9.93. The van der Waals surface area contributed by atoms with E-state index in [4.69, 9.17) is 0 Å². The summed E-state index contributed by atoms with van der Waals surface area (Å²) in [6.45, 7) is 0. The molecular formula is C24H18MgO4. The summed E-state index contributed by atoms with van der Waals surface area (Å²) in [5.41, 5.74) is 1.62. The second-order valence-electron chi connectivity index (χ2n) is 6.37. The van der Waals surface area contributed by atoms with Crippen LogP contribution in [0.4, 0.5) is 0 Å². The minimum Gasteiger partial charge on any atom is -0.550 e. The molecule has 0 radical (unpaired) electrons. The van der Waals surface area contributed by atoms with Gasteiger partial charge in [-0.05, 0) is 32.7 Å². The quantitative estimate of drug-likeness (QED) is 0.495. The number of benzene rings is 4. The van der Waals surface area contributed by atoms with E-state index in [1.54, 1.807) is 0 Å². The van der Waals surface area contributed by atoms with Crippen molar-refractivity contribution in [3.05, 3.63) is 96.1 Å². The first-order valence-electron chi connectivity index (χ1n) is 8.87. The molecule has 29 heavy (non-hydrogen) atoms. The molecule has 0 aromatic heterocycles. The van der Waals surface area contributed by atoms with Crippen LogP contribution in [-0.4, -0.2) is 35.0 Å².